The van der Waals surface area contributed by atoms with Crippen molar-refractivity contribution in [1.82, 2.24) is 0 Å². The normalized spacial score (nSPS) is 11.6. The van der Waals surface area contributed by atoms with Gasteiger partial charge in [-0.3, -0.25) is 0 Å². The summed E-state index contributed by atoms with van der Waals surface area (Å²) in [6.45, 7) is 3.44. The molecule has 0 saturated carbocycles. The molecule has 0 atom stereocenters. The topological polar surface area (TPSA) is 54.4 Å². The third-order valence-electron chi connectivity index (χ3n) is 2.06. The smallest absolute Gasteiger partial charge is 0.154 e. The van der Waals surface area contributed by atoms with Crippen molar-refractivity contribution in [3.8, 4) is 5.75 Å². The lowest BCUT2D eigenvalue weighted by Gasteiger charge is -2.05. The molecule has 0 aliphatic heterocycles. The average molecular weight is 214 g/mol. The molecule has 1 aromatic rings. The van der Waals surface area contributed by atoms with Gasteiger partial charge >= 0.3 is 0 Å². The van der Waals surface area contributed by atoms with Crippen LogP contribution in [0.25, 0.3) is 0 Å². The molecule has 0 amide bonds. The molecular weight excluding hydrogens is 200 g/mol. The lowest BCUT2D eigenvalue weighted by atomic mass is 10.1. The highest BCUT2D eigenvalue weighted by molar-refractivity contribution is 7.90. The van der Waals surface area contributed by atoms with Crippen LogP contribution in [0.1, 0.15) is 18.1 Å². The zero-order chi connectivity index (χ0) is 10.8. The van der Waals surface area contributed by atoms with Crippen LogP contribution in [0.3, 0.4) is 0 Å². The molecule has 0 radical (unpaired) electrons. The van der Waals surface area contributed by atoms with Crippen LogP contribution in [0.2, 0.25) is 0 Å². The summed E-state index contributed by atoms with van der Waals surface area (Å²) in [7, 11) is -3.07. The van der Waals surface area contributed by atoms with Gasteiger partial charge in [0, 0.05) is 11.3 Å². The van der Waals surface area contributed by atoms with Crippen LogP contribution in [-0.4, -0.2) is 19.3 Å². The van der Waals surface area contributed by atoms with E-state index in [4.69, 9.17) is 0 Å². The minimum atomic E-state index is -3.07. The van der Waals surface area contributed by atoms with E-state index >= 15 is 0 Å². The zero-order valence-corrected chi connectivity index (χ0v) is 9.13. The Balaban J connectivity index is 2.99. The maximum Gasteiger partial charge on any atom is 0.154 e. The van der Waals surface area contributed by atoms with Crippen LogP contribution in [0.5, 0.6) is 5.75 Å². The van der Waals surface area contributed by atoms with Crippen LogP contribution in [0, 0.1) is 6.92 Å². The highest BCUT2D eigenvalue weighted by Gasteiger charge is 2.11. The van der Waals surface area contributed by atoms with Crippen molar-refractivity contribution in [2.75, 3.05) is 5.75 Å². The first-order valence-electron chi connectivity index (χ1n) is 4.43. The number of phenols is 1. The molecule has 1 aromatic carbocycles. The van der Waals surface area contributed by atoms with Crippen molar-refractivity contribution in [1.29, 1.82) is 0 Å². The van der Waals surface area contributed by atoms with E-state index in [-0.39, 0.29) is 17.3 Å². The Morgan fingerprint density at radius 2 is 2.00 bits per heavy atom. The number of phenolic OH excluding ortho intramolecular Hbond substituents is 1. The Kier molecular flexibility index (Phi) is 3.16. The molecule has 0 fully saturated rings. The average Bonchev–Trinajstić information content (AvgIpc) is 2.10. The Bertz CT molecular complexity index is 421. The number of hydrogen-bond acceptors (Lipinski definition) is 3. The van der Waals surface area contributed by atoms with E-state index in [0.717, 1.165) is 5.56 Å². The summed E-state index contributed by atoms with van der Waals surface area (Å²) in [5, 5.41) is 9.49. The fraction of sp³-hybridized carbons (Fsp3) is 0.400. The predicted molar refractivity (Wildman–Crippen MR) is 56.0 cm³/mol. The first kappa shape index (κ1) is 11.0. The summed E-state index contributed by atoms with van der Waals surface area (Å²) in [6.07, 6.45) is 0. The van der Waals surface area contributed by atoms with Crippen molar-refractivity contribution < 1.29 is 13.5 Å². The quantitative estimate of drug-likeness (QED) is 0.832. The molecule has 0 aliphatic rings. The monoisotopic (exact) mass is 214 g/mol. The SMILES string of the molecule is CCS(=O)(=O)Cc1ccc(C)cc1O. The van der Waals surface area contributed by atoms with E-state index in [9.17, 15) is 13.5 Å². The van der Waals surface area contributed by atoms with Gasteiger partial charge in [0.05, 0.1) is 5.75 Å². The molecule has 14 heavy (non-hydrogen) atoms. The van der Waals surface area contributed by atoms with Crippen LogP contribution < -0.4 is 0 Å². The van der Waals surface area contributed by atoms with Gasteiger partial charge in [0.25, 0.3) is 0 Å². The second kappa shape index (κ2) is 4.00. The van der Waals surface area contributed by atoms with E-state index in [1.807, 2.05) is 6.92 Å². The summed E-state index contributed by atoms with van der Waals surface area (Å²) < 4.78 is 22.6. The molecule has 4 heteroatoms. The Labute approximate surface area is 84.3 Å². The third kappa shape index (κ3) is 2.73. The Hall–Kier alpha value is -1.03. The minimum Gasteiger partial charge on any atom is -0.508 e. The molecule has 0 aliphatic carbocycles. The Morgan fingerprint density at radius 1 is 1.36 bits per heavy atom. The third-order valence-corrected chi connectivity index (χ3v) is 3.69. The summed E-state index contributed by atoms with van der Waals surface area (Å²) in [6, 6.07) is 5.01. The van der Waals surface area contributed by atoms with Gasteiger partial charge in [0.15, 0.2) is 9.84 Å². The van der Waals surface area contributed by atoms with E-state index < -0.39 is 9.84 Å². The summed E-state index contributed by atoms with van der Waals surface area (Å²) in [5.41, 5.74) is 1.39. The highest BCUT2D eigenvalue weighted by Crippen LogP contribution is 2.20. The highest BCUT2D eigenvalue weighted by atomic mass is 32.2. The van der Waals surface area contributed by atoms with Gasteiger partial charge in [-0.15, -0.1) is 0 Å². The standard InChI is InChI=1S/C10H14O3S/c1-3-14(12,13)7-9-5-4-8(2)6-10(9)11/h4-6,11H,3,7H2,1-2H3. The second-order valence-corrected chi connectivity index (χ2v) is 5.66. The van der Waals surface area contributed by atoms with Crippen molar-refractivity contribution >= 4 is 9.84 Å². The van der Waals surface area contributed by atoms with E-state index in [1.165, 1.54) is 0 Å². The van der Waals surface area contributed by atoms with Gasteiger partial charge in [0.1, 0.15) is 5.75 Å². The largest absolute Gasteiger partial charge is 0.508 e. The summed E-state index contributed by atoms with van der Waals surface area (Å²) in [5.74, 6) is 0.0673. The molecule has 0 heterocycles. The second-order valence-electron chi connectivity index (χ2n) is 3.31. The molecule has 0 saturated heterocycles. The molecule has 0 bridgehead atoms. The molecular formula is C10H14O3S. The minimum absolute atomic E-state index is 0.0574. The van der Waals surface area contributed by atoms with Crippen molar-refractivity contribution in [2.45, 2.75) is 19.6 Å². The van der Waals surface area contributed by atoms with Gasteiger partial charge < -0.3 is 5.11 Å². The summed E-state index contributed by atoms with van der Waals surface area (Å²) >= 11 is 0. The molecule has 0 aromatic heterocycles. The van der Waals surface area contributed by atoms with Crippen LogP contribution in [0.4, 0.5) is 0 Å². The molecule has 3 nitrogen and oxygen atoms in total. The first-order valence-corrected chi connectivity index (χ1v) is 6.25. The van der Waals surface area contributed by atoms with Crippen LogP contribution in [-0.2, 0) is 15.6 Å². The zero-order valence-electron chi connectivity index (χ0n) is 8.32. The van der Waals surface area contributed by atoms with E-state index in [0.29, 0.717) is 5.56 Å². The number of sulfone groups is 1. The number of hydrogen-bond donors (Lipinski definition) is 1. The van der Waals surface area contributed by atoms with Crippen molar-refractivity contribution in [2.24, 2.45) is 0 Å². The fourth-order valence-electron chi connectivity index (χ4n) is 1.13. The summed E-state index contributed by atoms with van der Waals surface area (Å²) in [4.78, 5) is 0. The number of aryl methyl sites for hydroxylation is 1. The maximum atomic E-state index is 11.3. The van der Waals surface area contributed by atoms with E-state index in [2.05, 4.69) is 0 Å². The van der Waals surface area contributed by atoms with Gasteiger partial charge in [-0.2, -0.15) is 0 Å². The number of rotatable bonds is 3. The fourth-order valence-corrected chi connectivity index (χ4v) is 2.06. The van der Waals surface area contributed by atoms with Gasteiger partial charge in [-0.1, -0.05) is 19.1 Å². The van der Waals surface area contributed by atoms with Crippen LogP contribution in [0.15, 0.2) is 18.2 Å². The van der Waals surface area contributed by atoms with Gasteiger partial charge in [-0.05, 0) is 18.6 Å². The van der Waals surface area contributed by atoms with Crippen molar-refractivity contribution in [3.05, 3.63) is 29.3 Å². The number of aromatic hydroxyl groups is 1. The molecule has 0 unspecified atom stereocenters. The maximum absolute atomic E-state index is 11.3. The van der Waals surface area contributed by atoms with Gasteiger partial charge in [-0.25, -0.2) is 8.42 Å². The molecule has 78 valence electrons. The Morgan fingerprint density at radius 3 is 2.50 bits per heavy atom. The lowest BCUT2D eigenvalue weighted by Crippen LogP contribution is -2.06. The van der Waals surface area contributed by atoms with Crippen molar-refractivity contribution in [3.63, 3.8) is 0 Å². The van der Waals surface area contributed by atoms with Crippen LogP contribution >= 0.6 is 0 Å². The lowest BCUT2D eigenvalue weighted by molar-refractivity contribution is 0.469. The number of benzene rings is 1. The predicted octanol–water partition coefficient (Wildman–Crippen LogP) is 1.64. The molecule has 1 N–H and O–H groups in total. The van der Waals surface area contributed by atoms with E-state index in [1.54, 1.807) is 25.1 Å². The molecule has 0 spiro atoms. The first-order chi connectivity index (χ1) is 6.44. The molecule has 1 rings (SSSR count). The van der Waals surface area contributed by atoms with Gasteiger partial charge in [0.2, 0.25) is 0 Å².